The van der Waals surface area contributed by atoms with Crippen LogP contribution in [0.4, 0.5) is 10.1 Å². The van der Waals surface area contributed by atoms with Crippen LogP contribution in [0.5, 0.6) is 0 Å². The zero-order valence-corrected chi connectivity index (χ0v) is 13.0. The van der Waals surface area contributed by atoms with E-state index >= 15 is 0 Å². The first-order chi connectivity index (χ1) is 12.2. The van der Waals surface area contributed by atoms with Crippen LogP contribution in [0.25, 0.3) is 0 Å². The van der Waals surface area contributed by atoms with Crippen molar-refractivity contribution < 1.29 is 9.18 Å². The van der Waals surface area contributed by atoms with Crippen molar-refractivity contribution in [2.75, 3.05) is 4.90 Å². The Morgan fingerprint density at radius 3 is 2.60 bits per heavy atom. The van der Waals surface area contributed by atoms with E-state index in [1.165, 1.54) is 17.2 Å². The van der Waals surface area contributed by atoms with Gasteiger partial charge < -0.3 is 0 Å². The van der Waals surface area contributed by atoms with Crippen LogP contribution in [0, 0.1) is 5.82 Å². The highest BCUT2D eigenvalue weighted by Crippen LogP contribution is 2.36. The molecule has 0 fully saturated rings. The second kappa shape index (κ2) is 6.23. The van der Waals surface area contributed by atoms with Gasteiger partial charge in [0.2, 0.25) is 0 Å². The third-order valence-electron chi connectivity index (χ3n) is 4.01. The van der Waals surface area contributed by atoms with Gasteiger partial charge in [-0.2, -0.15) is 5.21 Å². The number of hydrogen-bond acceptors (Lipinski definition) is 5. The van der Waals surface area contributed by atoms with E-state index in [1.807, 2.05) is 18.2 Å². The number of carbonyl (C=O) groups is 1. The predicted octanol–water partition coefficient (Wildman–Crippen LogP) is 2.05. The highest BCUT2D eigenvalue weighted by Gasteiger charge is 2.28. The van der Waals surface area contributed by atoms with Crippen molar-refractivity contribution in [3.63, 3.8) is 0 Å². The van der Waals surface area contributed by atoms with Gasteiger partial charge in [-0.15, -0.1) is 10.2 Å². The van der Waals surface area contributed by atoms with Crippen LogP contribution < -0.4 is 4.90 Å². The minimum atomic E-state index is -0.600. The number of fused-ring (bicyclic) bond motifs is 1. The standard InChI is InChI=1S/C17H13FN6O/c18-13-7-3-1-5-11(13)17-12-6-2-4-8-14(12)24(16(25)9-19-17)10-15-20-22-23-21-15/h1-9,17H,10H2,(H,20,21,22,23). The van der Waals surface area contributed by atoms with E-state index in [2.05, 4.69) is 25.6 Å². The molecule has 1 unspecified atom stereocenters. The molecule has 0 bridgehead atoms. The van der Waals surface area contributed by atoms with Crippen molar-refractivity contribution in [1.29, 1.82) is 0 Å². The maximum absolute atomic E-state index is 14.3. The first-order valence-electron chi connectivity index (χ1n) is 7.64. The summed E-state index contributed by atoms with van der Waals surface area (Å²) in [5, 5.41) is 13.7. The molecule has 2 aromatic carbocycles. The van der Waals surface area contributed by atoms with Gasteiger partial charge in [-0.3, -0.25) is 14.7 Å². The van der Waals surface area contributed by atoms with E-state index in [9.17, 15) is 9.18 Å². The molecular formula is C17H13FN6O. The van der Waals surface area contributed by atoms with Gasteiger partial charge in [0.1, 0.15) is 11.9 Å². The lowest BCUT2D eigenvalue weighted by Crippen LogP contribution is -2.31. The SMILES string of the molecule is O=C1C=NC(c2ccccc2F)c2ccccc2N1Cc1nn[nH]n1. The van der Waals surface area contributed by atoms with Gasteiger partial charge in [0.15, 0.2) is 5.82 Å². The number of para-hydroxylation sites is 1. The predicted molar refractivity (Wildman–Crippen MR) is 88.5 cm³/mol. The number of tetrazole rings is 1. The Kier molecular flexibility index (Phi) is 3.77. The molecule has 124 valence electrons. The summed E-state index contributed by atoms with van der Waals surface area (Å²) in [6, 6.07) is 13.1. The van der Waals surface area contributed by atoms with E-state index in [4.69, 9.17) is 0 Å². The van der Waals surface area contributed by atoms with Crippen LogP contribution in [0.2, 0.25) is 0 Å². The number of aromatic amines is 1. The average Bonchev–Trinajstić information content (AvgIpc) is 3.10. The van der Waals surface area contributed by atoms with E-state index in [-0.39, 0.29) is 18.3 Å². The fraction of sp³-hybridized carbons (Fsp3) is 0.118. The number of nitrogens with zero attached hydrogens (tertiary/aromatic N) is 5. The maximum atomic E-state index is 14.3. The topological polar surface area (TPSA) is 87.1 Å². The Balaban J connectivity index is 1.83. The number of aromatic nitrogens is 4. The molecule has 0 saturated heterocycles. The van der Waals surface area contributed by atoms with Crippen molar-refractivity contribution >= 4 is 17.8 Å². The minimum Gasteiger partial charge on any atom is -0.299 e. The number of amides is 1. The van der Waals surface area contributed by atoms with E-state index in [1.54, 1.807) is 24.3 Å². The number of aliphatic imine (C=N–C) groups is 1. The summed E-state index contributed by atoms with van der Waals surface area (Å²) in [7, 11) is 0. The Hall–Kier alpha value is -3.42. The zero-order chi connectivity index (χ0) is 17.2. The van der Waals surface area contributed by atoms with Gasteiger partial charge in [-0.25, -0.2) is 4.39 Å². The molecule has 0 spiro atoms. The molecular weight excluding hydrogens is 323 g/mol. The maximum Gasteiger partial charge on any atom is 0.269 e. The number of H-pyrrole nitrogens is 1. The number of carbonyl (C=O) groups excluding carboxylic acids is 1. The third-order valence-corrected chi connectivity index (χ3v) is 4.01. The number of hydrogen-bond donors (Lipinski definition) is 1. The number of anilines is 1. The van der Waals surface area contributed by atoms with Crippen molar-refractivity contribution in [2.24, 2.45) is 4.99 Å². The van der Waals surface area contributed by atoms with E-state index in [0.717, 1.165) is 5.56 Å². The molecule has 1 aromatic heterocycles. The Bertz CT molecular complexity index is 940. The van der Waals surface area contributed by atoms with E-state index < -0.39 is 6.04 Å². The largest absolute Gasteiger partial charge is 0.299 e. The Labute approximate surface area is 142 Å². The third kappa shape index (κ3) is 2.78. The summed E-state index contributed by atoms with van der Waals surface area (Å²) in [5.41, 5.74) is 1.79. The molecule has 1 N–H and O–H groups in total. The molecule has 4 rings (SSSR count). The molecule has 0 radical (unpaired) electrons. The van der Waals surface area contributed by atoms with Crippen molar-refractivity contribution in [3.8, 4) is 0 Å². The molecule has 3 aromatic rings. The number of nitrogens with one attached hydrogen (secondary N) is 1. The van der Waals surface area contributed by atoms with Gasteiger partial charge in [0.25, 0.3) is 5.91 Å². The average molecular weight is 336 g/mol. The first kappa shape index (κ1) is 15.1. The highest BCUT2D eigenvalue weighted by atomic mass is 19.1. The molecule has 25 heavy (non-hydrogen) atoms. The summed E-state index contributed by atoms with van der Waals surface area (Å²) in [6.45, 7) is 0.141. The van der Waals surface area contributed by atoms with Gasteiger partial charge in [-0.1, -0.05) is 41.6 Å². The number of rotatable bonds is 3. The minimum absolute atomic E-state index is 0.141. The Morgan fingerprint density at radius 1 is 1.08 bits per heavy atom. The molecule has 1 atom stereocenters. The lowest BCUT2D eigenvalue weighted by Gasteiger charge is -2.22. The van der Waals surface area contributed by atoms with Crippen LogP contribution >= 0.6 is 0 Å². The summed E-state index contributed by atoms with van der Waals surface area (Å²) in [6.07, 6.45) is 1.22. The lowest BCUT2D eigenvalue weighted by atomic mass is 9.97. The fourth-order valence-corrected chi connectivity index (χ4v) is 2.87. The van der Waals surface area contributed by atoms with Crippen molar-refractivity contribution in [3.05, 3.63) is 71.3 Å². The molecule has 1 aliphatic heterocycles. The molecule has 0 saturated carbocycles. The Morgan fingerprint density at radius 2 is 1.84 bits per heavy atom. The van der Waals surface area contributed by atoms with Gasteiger partial charge in [0.05, 0.1) is 18.4 Å². The van der Waals surface area contributed by atoms with Crippen molar-refractivity contribution in [2.45, 2.75) is 12.6 Å². The second-order valence-corrected chi connectivity index (χ2v) is 5.51. The summed E-state index contributed by atoms with van der Waals surface area (Å²) >= 11 is 0. The van der Waals surface area contributed by atoms with Crippen LogP contribution in [0.1, 0.15) is 23.0 Å². The molecule has 2 heterocycles. The molecule has 0 aliphatic carbocycles. The van der Waals surface area contributed by atoms with Crippen LogP contribution in [-0.4, -0.2) is 32.7 Å². The van der Waals surface area contributed by atoms with Crippen LogP contribution in [-0.2, 0) is 11.3 Å². The first-order valence-corrected chi connectivity index (χ1v) is 7.64. The lowest BCUT2D eigenvalue weighted by molar-refractivity contribution is -0.112. The number of halogens is 1. The van der Waals surface area contributed by atoms with Gasteiger partial charge in [-0.05, 0) is 12.1 Å². The molecule has 1 aliphatic rings. The van der Waals surface area contributed by atoms with Gasteiger partial charge in [0, 0.05) is 11.1 Å². The molecule has 8 heteroatoms. The normalized spacial score (nSPS) is 16.6. The monoisotopic (exact) mass is 336 g/mol. The summed E-state index contributed by atoms with van der Waals surface area (Å²) < 4.78 is 14.3. The number of benzene rings is 2. The molecule has 1 amide bonds. The van der Waals surface area contributed by atoms with Gasteiger partial charge >= 0.3 is 0 Å². The zero-order valence-electron chi connectivity index (χ0n) is 13.0. The van der Waals surface area contributed by atoms with Crippen LogP contribution in [0.3, 0.4) is 0 Å². The second-order valence-electron chi connectivity index (χ2n) is 5.51. The quantitative estimate of drug-likeness (QED) is 0.793. The van der Waals surface area contributed by atoms with Crippen molar-refractivity contribution in [1.82, 2.24) is 20.6 Å². The summed E-state index contributed by atoms with van der Waals surface area (Å²) in [5.74, 6) is -0.310. The fourth-order valence-electron chi connectivity index (χ4n) is 2.87. The highest BCUT2D eigenvalue weighted by molar-refractivity contribution is 6.33. The smallest absolute Gasteiger partial charge is 0.269 e. The van der Waals surface area contributed by atoms with Crippen LogP contribution in [0.15, 0.2) is 53.5 Å². The summed E-state index contributed by atoms with van der Waals surface area (Å²) in [4.78, 5) is 18.4. The molecule has 7 nitrogen and oxygen atoms in total. The van der Waals surface area contributed by atoms with E-state index in [0.29, 0.717) is 17.1 Å².